The molecule has 3 nitrogen and oxygen atoms in total. The maximum Gasteiger partial charge on any atom is 0.0854 e. The van der Waals surface area contributed by atoms with E-state index in [-0.39, 0.29) is 0 Å². The fraction of sp³-hybridized carbons (Fsp3) is 0.417. The van der Waals surface area contributed by atoms with Crippen molar-refractivity contribution < 1.29 is 0 Å². The maximum atomic E-state index is 6.07. The Morgan fingerprint density at radius 1 is 1.38 bits per heavy atom. The lowest BCUT2D eigenvalue weighted by Crippen LogP contribution is -2.05. The molecule has 0 aliphatic rings. The van der Waals surface area contributed by atoms with Crippen molar-refractivity contribution in [2.45, 2.75) is 33.2 Å². The van der Waals surface area contributed by atoms with Crippen LogP contribution in [-0.2, 0) is 19.4 Å². The highest BCUT2D eigenvalue weighted by molar-refractivity contribution is 7.07. The van der Waals surface area contributed by atoms with Crippen LogP contribution in [0.5, 0.6) is 0 Å². The van der Waals surface area contributed by atoms with E-state index in [1.165, 1.54) is 5.56 Å². The molecule has 0 bridgehead atoms. The average Bonchev–Trinajstić information content (AvgIpc) is 2.87. The van der Waals surface area contributed by atoms with Gasteiger partial charge < -0.3 is 5.73 Å². The molecule has 0 radical (unpaired) electrons. The molecule has 0 aliphatic carbocycles. The zero-order valence-corrected chi connectivity index (χ0v) is 10.5. The molecular weight excluding hydrogens is 218 g/mol. The highest BCUT2D eigenvalue weighted by atomic mass is 32.1. The van der Waals surface area contributed by atoms with Crippen molar-refractivity contribution >= 4 is 17.0 Å². The number of hydrogen-bond acceptors (Lipinski definition) is 3. The SMILES string of the molecule is CCc1nn(Cc2ccsc2)c(CC)c1N. The molecule has 86 valence electrons. The summed E-state index contributed by atoms with van der Waals surface area (Å²) in [7, 11) is 0. The highest BCUT2D eigenvalue weighted by Gasteiger charge is 2.12. The van der Waals surface area contributed by atoms with Crippen molar-refractivity contribution in [1.29, 1.82) is 0 Å². The molecule has 2 aromatic heterocycles. The Bertz CT molecular complexity index is 457. The van der Waals surface area contributed by atoms with E-state index in [0.29, 0.717) is 0 Å². The van der Waals surface area contributed by atoms with Crippen LogP contribution in [-0.4, -0.2) is 9.78 Å². The first-order chi connectivity index (χ1) is 7.76. The second-order valence-corrected chi connectivity index (χ2v) is 4.58. The molecule has 0 saturated heterocycles. The quantitative estimate of drug-likeness (QED) is 0.885. The van der Waals surface area contributed by atoms with Crippen LogP contribution in [0.3, 0.4) is 0 Å². The number of nitrogens with zero attached hydrogens (tertiary/aromatic N) is 2. The summed E-state index contributed by atoms with van der Waals surface area (Å²) in [5, 5.41) is 8.82. The minimum Gasteiger partial charge on any atom is -0.396 e. The van der Waals surface area contributed by atoms with Crippen molar-refractivity contribution in [3.63, 3.8) is 0 Å². The lowest BCUT2D eigenvalue weighted by atomic mass is 10.2. The van der Waals surface area contributed by atoms with Crippen molar-refractivity contribution in [1.82, 2.24) is 9.78 Å². The van der Waals surface area contributed by atoms with E-state index in [4.69, 9.17) is 5.73 Å². The summed E-state index contributed by atoms with van der Waals surface area (Å²) in [6.45, 7) is 5.04. The van der Waals surface area contributed by atoms with E-state index in [0.717, 1.165) is 36.5 Å². The summed E-state index contributed by atoms with van der Waals surface area (Å²) < 4.78 is 2.04. The van der Waals surface area contributed by atoms with E-state index < -0.39 is 0 Å². The first-order valence-electron chi connectivity index (χ1n) is 5.61. The van der Waals surface area contributed by atoms with Gasteiger partial charge >= 0.3 is 0 Å². The summed E-state index contributed by atoms with van der Waals surface area (Å²) in [6.07, 6.45) is 1.83. The largest absolute Gasteiger partial charge is 0.396 e. The molecule has 0 atom stereocenters. The number of nitrogens with two attached hydrogens (primary N) is 1. The van der Waals surface area contributed by atoms with Gasteiger partial charge in [-0.3, -0.25) is 4.68 Å². The molecule has 2 N–H and O–H groups in total. The van der Waals surface area contributed by atoms with Gasteiger partial charge in [0.1, 0.15) is 0 Å². The van der Waals surface area contributed by atoms with Crippen molar-refractivity contribution in [3.8, 4) is 0 Å². The van der Waals surface area contributed by atoms with E-state index in [2.05, 4.69) is 35.8 Å². The topological polar surface area (TPSA) is 43.8 Å². The highest BCUT2D eigenvalue weighted by Crippen LogP contribution is 2.20. The number of nitrogen functional groups attached to an aromatic ring is 1. The average molecular weight is 235 g/mol. The van der Waals surface area contributed by atoms with Gasteiger partial charge in [-0.05, 0) is 35.2 Å². The predicted molar refractivity (Wildman–Crippen MR) is 68.8 cm³/mol. The van der Waals surface area contributed by atoms with Gasteiger partial charge in [0, 0.05) is 0 Å². The summed E-state index contributed by atoms with van der Waals surface area (Å²) in [6, 6.07) is 2.13. The molecule has 0 fully saturated rings. The molecule has 4 heteroatoms. The summed E-state index contributed by atoms with van der Waals surface area (Å²) in [5.74, 6) is 0. The van der Waals surface area contributed by atoms with E-state index >= 15 is 0 Å². The lowest BCUT2D eigenvalue weighted by Gasteiger charge is -2.04. The Labute approximate surface area is 99.9 Å². The zero-order valence-electron chi connectivity index (χ0n) is 9.73. The monoisotopic (exact) mass is 235 g/mol. The van der Waals surface area contributed by atoms with E-state index in [1.54, 1.807) is 11.3 Å². The van der Waals surface area contributed by atoms with Crippen LogP contribution in [0.4, 0.5) is 5.69 Å². The van der Waals surface area contributed by atoms with Gasteiger partial charge in [0.25, 0.3) is 0 Å². The zero-order chi connectivity index (χ0) is 11.5. The summed E-state index contributed by atoms with van der Waals surface area (Å²) in [4.78, 5) is 0. The first kappa shape index (κ1) is 11.2. The smallest absolute Gasteiger partial charge is 0.0854 e. The third-order valence-corrected chi connectivity index (χ3v) is 3.49. The molecule has 2 aromatic rings. The minimum atomic E-state index is 0.830. The molecular formula is C12H17N3S. The Morgan fingerprint density at radius 2 is 2.19 bits per heavy atom. The van der Waals surface area contributed by atoms with Crippen LogP contribution in [0.1, 0.15) is 30.8 Å². The number of thiophene rings is 1. The number of hydrogen-bond donors (Lipinski definition) is 1. The molecule has 0 aliphatic heterocycles. The molecule has 0 aromatic carbocycles. The number of aryl methyl sites for hydroxylation is 1. The van der Waals surface area contributed by atoms with Gasteiger partial charge in [0.15, 0.2) is 0 Å². The minimum absolute atomic E-state index is 0.830. The fourth-order valence-electron chi connectivity index (χ4n) is 1.89. The van der Waals surface area contributed by atoms with Crippen LogP contribution in [0.2, 0.25) is 0 Å². The second kappa shape index (κ2) is 4.70. The number of anilines is 1. The summed E-state index contributed by atoms with van der Waals surface area (Å²) >= 11 is 1.72. The Balaban J connectivity index is 2.33. The Hall–Kier alpha value is -1.29. The van der Waals surface area contributed by atoms with Crippen LogP contribution >= 0.6 is 11.3 Å². The number of rotatable bonds is 4. The van der Waals surface area contributed by atoms with Crippen LogP contribution in [0.15, 0.2) is 16.8 Å². The number of aromatic nitrogens is 2. The molecule has 0 unspecified atom stereocenters. The molecule has 0 amide bonds. The first-order valence-corrected chi connectivity index (χ1v) is 6.55. The van der Waals surface area contributed by atoms with E-state index in [1.807, 2.05) is 4.68 Å². The van der Waals surface area contributed by atoms with Crippen molar-refractivity contribution in [2.75, 3.05) is 5.73 Å². The summed E-state index contributed by atoms with van der Waals surface area (Å²) in [5.41, 5.74) is 10.4. The molecule has 0 spiro atoms. The van der Waals surface area contributed by atoms with E-state index in [9.17, 15) is 0 Å². The second-order valence-electron chi connectivity index (χ2n) is 3.80. The fourth-order valence-corrected chi connectivity index (χ4v) is 2.55. The van der Waals surface area contributed by atoms with Gasteiger partial charge in [0.05, 0.1) is 23.6 Å². The third kappa shape index (κ3) is 1.97. The molecule has 2 rings (SSSR count). The predicted octanol–water partition coefficient (Wildman–Crippen LogP) is 2.70. The Morgan fingerprint density at radius 3 is 2.75 bits per heavy atom. The maximum absolute atomic E-state index is 6.07. The van der Waals surface area contributed by atoms with Gasteiger partial charge in [-0.1, -0.05) is 13.8 Å². The Kier molecular flexibility index (Phi) is 3.29. The van der Waals surface area contributed by atoms with Crippen molar-refractivity contribution in [3.05, 3.63) is 33.8 Å². The molecule has 16 heavy (non-hydrogen) atoms. The normalized spacial score (nSPS) is 10.9. The van der Waals surface area contributed by atoms with Crippen LogP contribution in [0.25, 0.3) is 0 Å². The van der Waals surface area contributed by atoms with Gasteiger partial charge in [-0.2, -0.15) is 16.4 Å². The molecule has 0 saturated carbocycles. The van der Waals surface area contributed by atoms with Crippen LogP contribution in [0, 0.1) is 0 Å². The standard InChI is InChI=1S/C12H17N3S/c1-3-10-12(13)11(4-2)15(14-10)7-9-5-6-16-8-9/h5-6,8H,3-4,7,13H2,1-2H3. The molecule has 2 heterocycles. The van der Waals surface area contributed by atoms with Crippen molar-refractivity contribution in [2.24, 2.45) is 0 Å². The van der Waals surface area contributed by atoms with Gasteiger partial charge in [-0.15, -0.1) is 0 Å². The third-order valence-electron chi connectivity index (χ3n) is 2.76. The van der Waals surface area contributed by atoms with Gasteiger partial charge in [0.2, 0.25) is 0 Å². The van der Waals surface area contributed by atoms with Gasteiger partial charge in [-0.25, -0.2) is 0 Å². The lowest BCUT2D eigenvalue weighted by molar-refractivity contribution is 0.642. The van der Waals surface area contributed by atoms with Crippen LogP contribution < -0.4 is 5.73 Å².